The van der Waals surface area contributed by atoms with Crippen molar-refractivity contribution in [1.29, 1.82) is 0 Å². The van der Waals surface area contributed by atoms with Crippen LogP contribution in [0.2, 0.25) is 0 Å². The van der Waals surface area contributed by atoms with E-state index < -0.39 is 30.5 Å². The first-order valence-electron chi connectivity index (χ1n) is 6.22. The monoisotopic (exact) mass is 298 g/mol. The van der Waals surface area contributed by atoms with Gasteiger partial charge in [0, 0.05) is 12.0 Å². The van der Waals surface area contributed by atoms with Gasteiger partial charge in [-0.2, -0.15) is 0 Å². The Morgan fingerprint density at radius 2 is 1.89 bits per heavy atom. The lowest BCUT2D eigenvalue weighted by molar-refractivity contribution is 0.0414. The van der Waals surface area contributed by atoms with Gasteiger partial charge in [0.1, 0.15) is 9.84 Å². The highest BCUT2D eigenvalue weighted by Gasteiger charge is 2.46. The fourth-order valence-corrected chi connectivity index (χ4v) is 5.16. The predicted octanol–water partition coefficient (Wildman–Crippen LogP) is 0.530. The molecule has 0 aromatic rings. The summed E-state index contributed by atoms with van der Waals surface area (Å²) in [4.78, 5) is 0. The molecule has 18 heavy (non-hydrogen) atoms. The first-order chi connectivity index (χ1) is 8.11. The summed E-state index contributed by atoms with van der Waals surface area (Å²) in [5.41, 5.74) is -1.24. The molecule has 0 bridgehead atoms. The van der Waals surface area contributed by atoms with E-state index in [9.17, 15) is 21.9 Å². The van der Waals surface area contributed by atoms with Crippen LogP contribution >= 0.6 is 0 Å². The van der Waals surface area contributed by atoms with Crippen LogP contribution in [-0.2, 0) is 19.7 Å². The highest BCUT2D eigenvalue weighted by atomic mass is 32.2. The summed E-state index contributed by atoms with van der Waals surface area (Å²) in [6.07, 6.45) is 3.28. The lowest BCUT2D eigenvalue weighted by Crippen LogP contribution is -2.42. The third-order valence-electron chi connectivity index (χ3n) is 3.70. The van der Waals surface area contributed by atoms with Crippen LogP contribution in [0.1, 0.15) is 39.0 Å². The van der Waals surface area contributed by atoms with Crippen LogP contribution < -0.4 is 0 Å². The molecule has 1 aliphatic rings. The van der Waals surface area contributed by atoms with Crippen LogP contribution in [0.4, 0.5) is 0 Å². The maximum absolute atomic E-state index is 11.6. The second kappa shape index (κ2) is 5.46. The molecule has 108 valence electrons. The van der Waals surface area contributed by atoms with Gasteiger partial charge in [0.05, 0.1) is 16.6 Å². The second-order valence-electron chi connectivity index (χ2n) is 5.15. The Balaban J connectivity index is 2.65. The third-order valence-corrected chi connectivity index (χ3v) is 7.20. The highest BCUT2D eigenvalue weighted by molar-refractivity contribution is 7.91. The Bertz CT molecular complexity index is 480. The van der Waals surface area contributed by atoms with Crippen molar-refractivity contribution in [3.63, 3.8) is 0 Å². The van der Waals surface area contributed by atoms with Gasteiger partial charge in [0.15, 0.2) is 9.84 Å². The van der Waals surface area contributed by atoms with Crippen molar-refractivity contribution in [3.8, 4) is 0 Å². The molecule has 1 fully saturated rings. The Morgan fingerprint density at radius 1 is 1.28 bits per heavy atom. The van der Waals surface area contributed by atoms with Crippen LogP contribution in [0.3, 0.4) is 0 Å². The first-order valence-corrected chi connectivity index (χ1v) is 10.00. The zero-order valence-electron chi connectivity index (χ0n) is 10.9. The zero-order valence-corrected chi connectivity index (χ0v) is 12.6. The molecule has 7 heteroatoms. The van der Waals surface area contributed by atoms with Crippen LogP contribution in [0, 0.1) is 0 Å². The summed E-state index contributed by atoms with van der Waals surface area (Å²) >= 11 is 0. The molecule has 0 amide bonds. The van der Waals surface area contributed by atoms with Gasteiger partial charge in [-0.15, -0.1) is 0 Å². The molecule has 0 radical (unpaired) electrons. The quantitative estimate of drug-likeness (QED) is 0.772. The Labute approximate surface area is 109 Å². The fourth-order valence-electron chi connectivity index (χ4n) is 2.66. The topological polar surface area (TPSA) is 88.5 Å². The van der Waals surface area contributed by atoms with E-state index >= 15 is 0 Å². The standard InChI is InChI=1S/C11H22O5S2/c1-3-18(15,16)9-5-8-11(12)7-4-6-10(11)17(2,13)14/h10,12H,3-9H2,1-2H3. The van der Waals surface area contributed by atoms with Crippen molar-refractivity contribution < 1.29 is 21.9 Å². The minimum Gasteiger partial charge on any atom is -0.389 e. The van der Waals surface area contributed by atoms with E-state index in [2.05, 4.69) is 0 Å². The molecule has 1 N–H and O–H groups in total. The van der Waals surface area contributed by atoms with Gasteiger partial charge in [-0.25, -0.2) is 16.8 Å². The normalized spacial score (nSPS) is 29.6. The summed E-state index contributed by atoms with van der Waals surface area (Å²) in [5, 5.41) is 9.64. The van der Waals surface area contributed by atoms with E-state index in [1.54, 1.807) is 6.92 Å². The number of aliphatic hydroxyl groups is 1. The summed E-state index contributed by atoms with van der Waals surface area (Å²) in [6.45, 7) is 1.58. The Hall–Kier alpha value is -0.140. The average Bonchev–Trinajstić information content (AvgIpc) is 2.60. The molecule has 0 aromatic carbocycles. The summed E-state index contributed by atoms with van der Waals surface area (Å²) in [6, 6.07) is 0. The van der Waals surface area contributed by atoms with Crippen LogP contribution in [-0.4, -0.2) is 50.6 Å². The number of rotatable bonds is 6. The minimum absolute atomic E-state index is 0.0162. The van der Waals surface area contributed by atoms with Crippen molar-refractivity contribution in [2.45, 2.75) is 49.9 Å². The molecule has 1 saturated carbocycles. The number of hydrogen-bond donors (Lipinski definition) is 1. The molecule has 1 rings (SSSR count). The zero-order chi connectivity index (χ0) is 14.0. The van der Waals surface area contributed by atoms with E-state index in [0.717, 1.165) is 6.26 Å². The maximum Gasteiger partial charge on any atom is 0.153 e. The van der Waals surface area contributed by atoms with Crippen LogP contribution in [0.15, 0.2) is 0 Å². The largest absolute Gasteiger partial charge is 0.389 e. The van der Waals surface area contributed by atoms with Gasteiger partial charge in [-0.3, -0.25) is 0 Å². The summed E-state index contributed by atoms with van der Waals surface area (Å²) in [7, 11) is -6.33. The molecular weight excluding hydrogens is 276 g/mol. The predicted molar refractivity (Wildman–Crippen MR) is 71.0 cm³/mol. The van der Waals surface area contributed by atoms with Crippen LogP contribution in [0.5, 0.6) is 0 Å². The molecule has 5 nitrogen and oxygen atoms in total. The van der Waals surface area contributed by atoms with Crippen molar-refractivity contribution >= 4 is 19.7 Å². The van der Waals surface area contributed by atoms with E-state index in [1.807, 2.05) is 0 Å². The number of sulfone groups is 2. The van der Waals surface area contributed by atoms with Crippen molar-refractivity contribution in [3.05, 3.63) is 0 Å². The molecule has 0 spiro atoms. The molecule has 1 aliphatic carbocycles. The smallest absolute Gasteiger partial charge is 0.153 e. The van der Waals surface area contributed by atoms with E-state index in [4.69, 9.17) is 0 Å². The molecule has 2 unspecified atom stereocenters. The third kappa shape index (κ3) is 3.93. The van der Waals surface area contributed by atoms with Gasteiger partial charge in [-0.1, -0.05) is 6.92 Å². The summed E-state index contributed by atoms with van der Waals surface area (Å²) < 4.78 is 45.9. The second-order valence-corrected chi connectivity index (χ2v) is 9.85. The van der Waals surface area contributed by atoms with E-state index in [-0.39, 0.29) is 17.9 Å². The van der Waals surface area contributed by atoms with E-state index in [1.165, 1.54) is 0 Å². The van der Waals surface area contributed by atoms with Gasteiger partial charge in [0.2, 0.25) is 0 Å². The fraction of sp³-hybridized carbons (Fsp3) is 1.00. The van der Waals surface area contributed by atoms with Crippen molar-refractivity contribution in [2.75, 3.05) is 17.8 Å². The maximum atomic E-state index is 11.6. The molecule has 2 atom stereocenters. The minimum atomic E-state index is -3.28. The van der Waals surface area contributed by atoms with Gasteiger partial charge >= 0.3 is 0 Å². The van der Waals surface area contributed by atoms with Gasteiger partial charge in [0.25, 0.3) is 0 Å². The molecule has 0 saturated heterocycles. The van der Waals surface area contributed by atoms with E-state index in [0.29, 0.717) is 25.7 Å². The van der Waals surface area contributed by atoms with Crippen LogP contribution in [0.25, 0.3) is 0 Å². The number of hydrogen-bond acceptors (Lipinski definition) is 5. The highest BCUT2D eigenvalue weighted by Crippen LogP contribution is 2.38. The SMILES string of the molecule is CCS(=O)(=O)CCCC1(O)CCCC1S(C)(=O)=O. The molecular formula is C11H22O5S2. The lowest BCUT2D eigenvalue weighted by Gasteiger charge is -2.28. The van der Waals surface area contributed by atoms with Gasteiger partial charge in [-0.05, 0) is 32.1 Å². The summed E-state index contributed by atoms with van der Waals surface area (Å²) in [5.74, 6) is 0.100. The van der Waals surface area contributed by atoms with Crippen molar-refractivity contribution in [2.24, 2.45) is 0 Å². The van der Waals surface area contributed by atoms with Gasteiger partial charge < -0.3 is 5.11 Å². The average molecular weight is 298 g/mol. The Morgan fingerprint density at radius 3 is 2.39 bits per heavy atom. The molecule has 0 aromatic heterocycles. The lowest BCUT2D eigenvalue weighted by atomic mass is 9.96. The molecule has 0 aliphatic heterocycles. The molecule has 0 heterocycles. The Kier molecular flexibility index (Phi) is 4.83. The van der Waals surface area contributed by atoms with Crippen molar-refractivity contribution in [1.82, 2.24) is 0 Å². The first kappa shape index (κ1) is 15.9.